The lowest BCUT2D eigenvalue weighted by molar-refractivity contribution is -0.139. The molecular formula is C25H27BrN2O7S2. The average molecular weight is 612 g/mol. The number of methoxy groups -OCH3 is 1. The van der Waals surface area contributed by atoms with E-state index >= 15 is 0 Å². The first-order chi connectivity index (χ1) is 17.5. The van der Waals surface area contributed by atoms with Crippen LogP contribution in [0, 0.1) is 0 Å². The highest BCUT2D eigenvalue weighted by Gasteiger charge is 2.25. The summed E-state index contributed by atoms with van der Waals surface area (Å²) in [7, 11) is -6.33. The highest BCUT2D eigenvalue weighted by molar-refractivity contribution is 9.10. The summed E-state index contributed by atoms with van der Waals surface area (Å²) in [6, 6.07) is 18.3. The minimum Gasteiger partial charge on any atom is -0.497 e. The molecule has 1 unspecified atom stereocenters. The first-order valence-corrected chi connectivity index (χ1v) is 15.0. The van der Waals surface area contributed by atoms with Gasteiger partial charge in [-0.2, -0.15) is 4.72 Å². The van der Waals surface area contributed by atoms with Crippen molar-refractivity contribution in [3.05, 3.63) is 77.3 Å². The molecule has 0 heterocycles. The number of benzene rings is 3. The van der Waals surface area contributed by atoms with Gasteiger partial charge in [-0.3, -0.25) is 4.79 Å². The predicted molar refractivity (Wildman–Crippen MR) is 143 cm³/mol. The van der Waals surface area contributed by atoms with Gasteiger partial charge in [0.2, 0.25) is 20.0 Å². The molecule has 0 aliphatic heterocycles. The molecule has 0 radical (unpaired) electrons. The molecule has 37 heavy (non-hydrogen) atoms. The number of carboxylic acids is 1. The molecule has 0 saturated carbocycles. The van der Waals surface area contributed by atoms with E-state index in [4.69, 9.17) is 4.74 Å². The first kappa shape index (κ1) is 28.8. The Morgan fingerprint density at radius 1 is 0.838 bits per heavy atom. The first-order valence-electron chi connectivity index (χ1n) is 11.3. The highest BCUT2D eigenvalue weighted by atomic mass is 79.9. The van der Waals surface area contributed by atoms with Crippen molar-refractivity contribution in [3.8, 4) is 16.9 Å². The summed E-state index contributed by atoms with van der Waals surface area (Å²) >= 11 is 3.37. The lowest BCUT2D eigenvalue weighted by atomic mass is 10.1. The number of hydrogen-bond donors (Lipinski definition) is 3. The Balaban J connectivity index is 1.54. The van der Waals surface area contributed by atoms with Gasteiger partial charge >= 0.3 is 5.97 Å². The minimum absolute atomic E-state index is 0.00416. The number of unbranched alkanes of at least 4 members (excludes halogenated alkanes) is 1. The number of aliphatic carboxylic acids is 1. The Kier molecular flexibility index (Phi) is 9.85. The van der Waals surface area contributed by atoms with Gasteiger partial charge in [0, 0.05) is 11.0 Å². The molecule has 3 N–H and O–H groups in total. The Hall–Kier alpha value is -2.77. The lowest BCUT2D eigenvalue weighted by Gasteiger charge is -2.15. The van der Waals surface area contributed by atoms with Crippen molar-refractivity contribution in [3.63, 3.8) is 0 Å². The van der Waals surface area contributed by atoms with Crippen LogP contribution in [0.1, 0.15) is 19.3 Å². The number of halogens is 1. The predicted octanol–water partition coefficient (Wildman–Crippen LogP) is 4.01. The Morgan fingerprint density at radius 2 is 1.35 bits per heavy atom. The lowest BCUT2D eigenvalue weighted by Crippen LogP contribution is -2.40. The summed E-state index contributed by atoms with van der Waals surface area (Å²) in [4.78, 5) is 11.7. The van der Waals surface area contributed by atoms with Gasteiger partial charge < -0.3 is 9.84 Å². The molecule has 0 bridgehead atoms. The maximum atomic E-state index is 12.8. The molecule has 0 aliphatic carbocycles. The minimum atomic E-state index is -4.08. The number of hydrogen-bond acceptors (Lipinski definition) is 6. The van der Waals surface area contributed by atoms with Crippen LogP contribution in [0.4, 0.5) is 0 Å². The van der Waals surface area contributed by atoms with Gasteiger partial charge in [0.25, 0.3) is 0 Å². The molecule has 0 amide bonds. The van der Waals surface area contributed by atoms with Gasteiger partial charge in [0.15, 0.2) is 0 Å². The van der Waals surface area contributed by atoms with Crippen LogP contribution < -0.4 is 14.2 Å². The zero-order valence-corrected chi connectivity index (χ0v) is 23.1. The number of rotatable bonds is 13. The molecule has 0 spiro atoms. The Labute approximate surface area is 225 Å². The normalized spacial score (nSPS) is 12.7. The third kappa shape index (κ3) is 8.11. The van der Waals surface area contributed by atoms with Gasteiger partial charge in [0.05, 0.1) is 16.9 Å². The van der Waals surface area contributed by atoms with E-state index in [1.165, 1.54) is 43.5 Å². The van der Waals surface area contributed by atoms with Crippen molar-refractivity contribution >= 4 is 41.9 Å². The topological polar surface area (TPSA) is 139 Å². The fourth-order valence-corrected chi connectivity index (χ4v) is 6.04. The molecule has 0 saturated heterocycles. The second kappa shape index (κ2) is 12.7. The molecule has 1 atom stereocenters. The highest BCUT2D eigenvalue weighted by Crippen LogP contribution is 2.23. The van der Waals surface area contributed by atoms with Crippen LogP contribution in [0.25, 0.3) is 11.1 Å². The third-order valence-corrected chi connectivity index (χ3v) is 9.01. The molecule has 12 heteroatoms. The van der Waals surface area contributed by atoms with Gasteiger partial charge in [-0.15, -0.1) is 0 Å². The monoisotopic (exact) mass is 610 g/mol. The van der Waals surface area contributed by atoms with E-state index in [1.54, 1.807) is 12.1 Å². The molecule has 0 fully saturated rings. The molecular weight excluding hydrogens is 584 g/mol. The molecule has 3 aromatic rings. The number of carbonyl (C=O) groups is 1. The number of carboxylic acid groups (broad SMARTS) is 1. The molecule has 3 rings (SSSR count). The van der Waals surface area contributed by atoms with E-state index in [-0.39, 0.29) is 29.2 Å². The maximum Gasteiger partial charge on any atom is 0.321 e. The Bertz CT molecular complexity index is 1410. The van der Waals surface area contributed by atoms with E-state index in [9.17, 15) is 26.7 Å². The number of sulfonamides is 2. The standard InChI is InChI=1S/C25H27BrN2O7S2/c1-35-21-11-15-22(16-12-21)36(31,32)27-17-3-2-4-24(25(29)30)28-37(33,34)23-13-7-19(8-14-23)18-5-9-20(26)10-6-18/h5-16,24,27-28H,2-4,17H2,1H3,(H,29,30). The summed E-state index contributed by atoms with van der Waals surface area (Å²) in [5.74, 6) is -0.782. The summed E-state index contributed by atoms with van der Waals surface area (Å²) in [6.45, 7) is 0.0744. The van der Waals surface area contributed by atoms with Crippen molar-refractivity contribution in [1.29, 1.82) is 0 Å². The zero-order chi connectivity index (χ0) is 27.1. The zero-order valence-electron chi connectivity index (χ0n) is 19.9. The van der Waals surface area contributed by atoms with Crippen LogP contribution in [0.2, 0.25) is 0 Å². The molecule has 3 aromatic carbocycles. The summed E-state index contributed by atoms with van der Waals surface area (Å²) < 4.78 is 60.9. The van der Waals surface area contributed by atoms with E-state index in [2.05, 4.69) is 25.4 Å². The molecule has 198 valence electrons. The van der Waals surface area contributed by atoms with Crippen molar-refractivity contribution in [2.45, 2.75) is 35.1 Å². The van der Waals surface area contributed by atoms with Gasteiger partial charge in [-0.1, -0.05) is 40.2 Å². The van der Waals surface area contributed by atoms with Crippen LogP contribution in [-0.4, -0.2) is 47.6 Å². The van der Waals surface area contributed by atoms with Crippen molar-refractivity contribution in [2.75, 3.05) is 13.7 Å². The van der Waals surface area contributed by atoms with E-state index in [0.29, 0.717) is 12.2 Å². The third-order valence-electron chi connectivity index (χ3n) is 5.52. The van der Waals surface area contributed by atoms with Crippen molar-refractivity contribution < 1.29 is 31.5 Å². The second-order valence-corrected chi connectivity index (χ2v) is 12.5. The summed E-state index contributed by atoms with van der Waals surface area (Å²) in [5.41, 5.74) is 1.73. The van der Waals surface area contributed by atoms with Crippen LogP contribution in [0.3, 0.4) is 0 Å². The fraction of sp³-hybridized carbons (Fsp3) is 0.240. The van der Waals surface area contributed by atoms with E-state index in [1.807, 2.05) is 24.3 Å². The van der Waals surface area contributed by atoms with Gasteiger partial charge in [-0.25, -0.2) is 21.6 Å². The average Bonchev–Trinajstić information content (AvgIpc) is 2.88. The van der Waals surface area contributed by atoms with Gasteiger partial charge in [-0.05, 0) is 78.9 Å². The van der Waals surface area contributed by atoms with Crippen molar-refractivity contribution in [1.82, 2.24) is 9.44 Å². The van der Waals surface area contributed by atoms with Crippen LogP contribution >= 0.6 is 15.9 Å². The summed E-state index contributed by atoms with van der Waals surface area (Å²) in [5, 5.41) is 9.52. The Morgan fingerprint density at radius 3 is 1.89 bits per heavy atom. The largest absolute Gasteiger partial charge is 0.497 e. The number of nitrogens with one attached hydrogen (secondary N) is 2. The van der Waals surface area contributed by atoms with Crippen LogP contribution in [-0.2, 0) is 24.8 Å². The second-order valence-electron chi connectivity index (χ2n) is 8.11. The maximum absolute atomic E-state index is 12.8. The van der Waals surface area contributed by atoms with E-state index in [0.717, 1.165) is 15.6 Å². The molecule has 9 nitrogen and oxygen atoms in total. The van der Waals surface area contributed by atoms with Crippen molar-refractivity contribution in [2.24, 2.45) is 0 Å². The number of ether oxygens (including phenoxy) is 1. The molecule has 0 aromatic heterocycles. The SMILES string of the molecule is COc1ccc(S(=O)(=O)NCCCCC(NS(=O)(=O)c2ccc(-c3ccc(Br)cc3)cc2)C(=O)O)cc1. The quantitative estimate of drug-likeness (QED) is 0.248. The van der Waals surface area contributed by atoms with Crippen LogP contribution in [0.5, 0.6) is 5.75 Å². The smallest absolute Gasteiger partial charge is 0.321 e. The fourth-order valence-electron chi connectivity index (χ4n) is 3.48. The molecule has 0 aliphatic rings. The van der Waals surface area contributed by atoms with E-state index < -0.39 is 32.1 Å². The van der Waals surface area contributed by atoms with Gasteiger partial charge in [0.1, 0.15) is 11.8 Å². The van der Waals surface area contributed by atoms with Crippen LogP contribution in [0.15, 0.2) is 87.1 Å². The summed E-state index contributed by atoms with van der Waals surface area (Å²) in [6.07, 6.45) is 0.603.